The van der Waals surface area contributed by atoms with Gasteiger partial charge in [0.15, 0.2) is 5.49 Å². The maximum absolute atomic E-state index is 6.07. The predicted octanol–water partition coefficient (Wildman–Crippen LogP) is 0.920. The van der Waals surface area contributed by atoms with Crippen LogP contribution in [0.4, 0.5) is 5.95 Å². The van der Waals surface area contributed by atoms with Gasteiger partial charge >= 0.3 is 0 Å². The van der Waals surface area contributed by atoms with Crippen molar-refractivity contribution in [3.8, 4) is 0 Å². The van der Waals surface area contributed by atoms with Crippen LogP contribution in [0.15, 0.2) is 17.6 Å². The van der Waals surface area contributed by atoms with E-state index >= 15 is 0 Å². The Balaban J connectivity index is 2.48. The first-order valence-corrected chi connectivity index (χ1v) is 5.55. The van der Waals surface area contributed by atoms with Crippen LogP contribution in [-0.4, -0.2) is 22.6 Å². The lowest BCUT2D eigenvalue weighted by Crippen LogP contribution is -2.36. The van der Waals surface area contributed by atoms with Crippen LogP contribution in [0.1, 0.15) is 13.3 Å². The monoisotopic (exact) mass is 236 g/mol. The van der Waals surface area contributed by atoms with Crippen molar-refractivity contribution in [1.29, 1.82) is 0 Å². The van der Waals surface area contributed by atoms with Crippen molar-refractivity contribution in [2.75, 3.05) is 11.9 Å². The molecule has 1 aliphatic heterocycles. The number of nitrogens with zero attached hydrogens (tertiary/aromatic N) is 3. The molecule has 16 heavy (non-hydrogen) atoms. The lowest BCUT2D eigenvalue weighted by Gasteiger charge is -2.08. The number of nitrogens with one attached hydrogen (secondary N) is 1. The molecule has 1 aromatic heterocycles. The number of anilines is 1. The molecule has 0 saturated carbocycles. The molecule has 1 aromatic rings. The average Bonchev–Trinajstić information content (AvgIpc) is 2.25. The molecule has 0 bridgehead atoms. The van der Waals surface area contributed by atoms with E-state index in [1.54, 1.807) is 6.08 Å². The third kappa shape index (κ3) is 2.22. The number of aromatic nitrogens is 2. The Bertz CT molecular complexity index is 524. The highest BCUT2D eigenvalue weighted by atomic mass is 35.5. The van der Waals surface area contributed by atoms with Crippen molar-refractivity contribution in [1.82, 2.24) is 9.97 Å². The summed E-state index contributed by atoms with van der Waals surface area (Å²) in [4.78, 5) is 12.9. The molecule has 0 fully saturated rings. The smallest absolute Gasteiger partial charge is 0.226 e. The molecule has 5 heteroatoms. The summed E-state index contributed by atoms with van der Waals surface area (Å²) in [7, 11) is 0. The fourth-order valence-corrected chi connectivity index (χ4v) is 1.74. The van der Waals surface area contributed by atoms with Crippen LogP contribution in [-0.2, 0) is 0 Å². The Kier molecular flexibility index (Phi) is 3.19. The van der Waals surface area contributed by atoms with Crippen LogP contribution >= 0.6 is 11.6 Å². The van der Waals surface area contributed by atoms with E-state index in [4.69, 9.17) is 11.6 Å². The molecule has 1 unspecified atom stereocenters. The summed E-state index contributed by atoms with van der Waals surface area (Å²) in [5.74, 6) is 0.495. The second-order valence-corrected chi connectivity index (χ2v) is 4.02. The van der Waals surface area contributed by atoms with Gasteiger partial charge in [0.1, 0.15) is 5.15 Å². The molecule has 1 N–H and O–H groups in total. The largest absolute Gasteiger partial charge is 0.351 e. The standard InChI is InChI=1S/C11H13ClN4/c1-3-6-13-11-15-9(12)8-5-4-7(2)14-10(8)16-11/h3,5,7H,1,4,6H2,2H3,(H,13,14,16). The topological polar surface area (TPSA) is 50.2 Å². The third-order valence-electron chi connectivity index (χ3n) is 2.29. The Morgan fingerprint density at radius 2 is 2.44 bits per heavy atom. The number of fused-ring (bicyclic) bond motifs is 1. The Morgan fingerprint density at radius 3 is 3.19 bits per heavy atom. The molecule has 84 valence electrons. The molecule has 4 nitrogen and oxygen atoms in total. The van der Waals surface area contributed by atoms with Gasteiger partial charge in [0.05, 0.1) is 11.3 Å². The first kappa shape index (κ1) is 11.1. The van der Waals surface area contributed by atoms with Crippen LogP contribution in [0.3, 0.4) is 0 Å². The first-order valence-electron chi connectivity index (χ1n) is 5.17. The van der Waals surface area contributed by atoms with Gasteiger partial charge in [-0.1, -0.05) is 23.8 Å². The van der Waals surface area contributed by atoms with Gasteiger partial charge in [-0.15, -0.1) is 6.58 Å². The summed E-state index contributed by atoms with van der Waals surface area (Å²) in [6.45, 7) is 6.27. The van der Waals surface area contributed by atoms with Crippen molar-refractivity contribution in [3.05, 3.63) is 28.5 Å². The van der Waals surface area contributed by atoms with E-state index in [1.807, 2.05) is 13.0 Å². The molecule has 1 atom stereocenters. The summed E-state index contributed by atoms with van der Waals surface area (Å²) in [5, 5.41) is 4.29. The number of hydrogen-bond donors (Lipinski definition) is 1. The van der Waals surface area contributed by atoms with Gasteiger partial charge in [0.25, 0.3) is 0 Å². The molecule has 0 aromatic carbocycles. The second-order valence-electron chi connectivity index (χ2n) is 3.66. The van der Waals surface area contributed by atoms with Crippen LogP contribution < -0.4 is 16.0 Å². The highest BCUT2D eigenvalue weighted by Gasteiger charge is 2.08. The summed E-state index contributed by atoms with van der Waals surface area (Å²) >= 11 is 6.07. The SMILES string of the molecule is C=CCNc1nc(Cl)c2c(n1)=NC(C)CC=2. The van der Waals surface area contributed by atoms with Crippen molar-refractivity contribution in [2.24, 2.45) is 4.99 Å². The van der Waals surface area contributed by atoms with Gasteiger partial charge in [-0.05, 0) is 13.3 Å². The van der Waals surface area contributed by atoms with E-state index in [9.17, 15) is 0 Å². The Labute approximate surface area is 98.8 Å². The number of halogens is 1. The molecule has 2 heterocycles. The van der Waals surface area contributed by atoms with Crippen LogP contribution in [0.2, 0.25) is 5.15 Å². The minimum absolute atomic E-state index is 0.255. The van der Waals surface area contributed by atoms with E-state index < -0.39 is 0 Å². The molecular formula is C11H13ClN4. The normalized spacial score (nSPS) is 18.0. The lowest BCUT2D eigenvalue weighted by molar-refractivity contribution is 0.722. The van der Waals surface area contributed by atoms with Gasteiger partial charge < -0.3 is 5.32 Å². The molecule has 0 radical (unpaired) electrons. The minimum Gasteiger partial charge on any atom is -0.351 e. The van der Waals surface area contributed by atoms with Crippen molar-refractivity contribution >= 4 is 23.6 Å². The molecule has 0 amide bonds. The highest BCUT2D eigenvalue weighted by Crippen LogP contribution is 2.04. The van der Waals surface area contributed by atoms with Crippen molar-refractivity contribution in [2.45, 2.75) is 19.4 Å². The molecule has 2 rings (SSSR count). The molecule has 0 aliphatic carbocycles. The zero-order valence-electron chi connectivity index (χ0n) is 9.07. The number of rotatable bonds is 3. The van der Waals surface area contributed by atoms with Gasteiger partial charge in [-0.25, -0.2) is 4.98 Å². The molecule has 0 spiro atoms. The maximum Gasteiger partial charge on any atom is 0.226 e. The van der Waals surface area contributed by atoms with E-state index in [-0.39, 0.29) is 6.04 Å². The second kappa shape index (κ2) is 4.61. The third-order valence-corrected chi connectivity index (χ3v) is 2.58. The summed E-state index contributed by atoms with van der Waals surface area (Å²) in [5.41, 5.74) is 0.672. The average molecular weight is 237 g/mol. The zero-order chi connectivity index (χ0) is 11.5. The Morgan fingerprint density at radius 1 is 1.62 bits per heavy atom. The van der Waals surface area contributed by atoms with E-state index in [0.29, 0.717) is 23.1 Å². The highest BCUT2D eigenvalue weighted by molar-refractivity contribution is 6.29. The van der Waals surface area contributed by atoms with Crippen LogP contribution in [0, 0.1) is 0 Å². The van der Waals surface area contributed by atoms with Crippen molar-refractivity contribution < 1.29 is 0 Å². The fraction of sp³-hybridized carbons (Fsp3) is 0.364. The Hall–Kier alpha value is -1.42. The fourth-order valence-electron chi connectivity index (χ4n) is 1.50. The quantitative estimate of drug-likeness (QED) is 0.627. The van der Waals surface area contributed by atoms with Crippen LogP contribution in [0.5, 0.6) is 0 Å². The molecule has 1 aliphatic rings. The molecule has 0 saturated heterocycles. The predicted molar refractivity (Wildman–Crippen MR) is 65.1 cm³/mol. The van der Waals surface area contributed by atoms with E-state index in [0.717, 1.165) is 11.6 Å². The van der Waals surface area contributed by atoms with Gasteiger partial charge in [0, 0.05) is 6.54 Å². The van der Waals surface area contributed by atoms with Crippen molar-refractivity contribution in [3.63, 3.8) is 0 Å². The van der Waals surface area contributed by atoms with E-state index in [1.165, 1.54) is 0 Å². The lowest BCUT2D eigenvalue weighted by atomic mass is 10.2. The summed E-state index contributed by atoms with van der Waals surface area (Å²) in [6.07, 6.45) is 4.66. The minimum atomic E-state index is 0.255. The summed E-state index contributed by atoms with van der Waals surface area (Å²) in [6, 6.07) is 0.255. The van der Waals surface area contributed by atoms with Crippen LogP contribution in [0.25, 0.3) is 6.08 Å². The summed E-state index contributed by atoms with van der Waals surface area (Å²) < 4.78 is 0. The van der Waals surface area contributed by atoms with Gasteiger partial charge in [-0.2, -0.15) is 4.98 Å². The van der Waals surface area contributed by atoms with Gasteiger partial charge in [0.2, 0.25) is 5.95 Å². The van der Waals surface area contributed by atoms with E-state index in [2.05, 4.69) is 26.9 Å². The van der Waals surface area contributed by atoms with Gasteiger partial charge in [-0.3, -0.25) is 4.99 Å². The number of hydrogen-bond acceptors (Lipinski definition) is 4. The first-order chi connectivity index (χ1) is 7.70. The maximum atomic E-state index is 6.07. The molecular weight excluding hydrogens is 224 g/mol. The zero-order valence-corrected chi connectivity index (χ0v) is 9.83.